The van der Waals surface area contributed by atoms with Crippen molar-refractivity contribution >= 4 is 35.3 Å². The molecule has 0 radical (unpaired) electrons. The minimum Gasteiger partial charge on any atom is -0.357 e. The van der Waals surface area contributed by atoms with Crippen molar-refractivity contribution in [1.82, 2.24) is 31.2 Å². The molecule has 3 aliphatic carbocycles. The van der Waals surface area contributed by atoms with Gasteiger partial charge in [-0.05, 0) is 80.8 Å². The van der Waals surface area contributed by atoms with E-state index in [9.17, 15) is 28.8 Å². The first-order valence-corrected chi connectivity index (χ1v) is 18.6. The summed E-state index contributed by atoms with van der Waals surface area (Å²) in [7, 11) is 0. The number of rotatable bonds is 13. The van der Waals surface area contributed by atoms with E-state index >= 15 is 0 Å². The van der Waals surface area contributed by atoms with Gasteiger partial charge in [0.2, 0.25) is 23.5 Å². The summed E-state index contributed by atoms with van der Waals surface area (Å²) in [6, 6.07) is -0.370. The molecule has 5 N–H and O–H groups in total. The molecule has 49 heavy (non-hydrogen) atoms. The molecule has 12 nitrogen and oxygen atoms in total. The van der Waals surface area contributed by atoms with Crippen molar-refractivity contribution in [2.24, 2.45) is 17.3 Å². The maximum Gasteiger partial charge on any atom is 0.289 e. The molecule has 2 heterocycles. The summed E-state index contributed by atoms with van der Waals surface area (Å²) in [5.74, 6) is -2.84. The Morgan fingerprint density at radius 1 is 0.898 bits per heavy atom. The number of fused-ring (bicyclic) bond motifs is 1. The highest BCUT2D eigenvalue weighted by molar-refractivity contribution is 6.38. The number of amides is 5. The van der Waals surface area contributed by atoms with Gasteiger partial charge in [-0.2, -0.15) is 0 Å². The molecule has 1 saturated heterocycles. The Labute approximate surface area is 290 Å². The van der Waals surface area contributed by atoms with Gasteiger partial charge >= 0.3 is 0 Å². The van der Waals surface area contributed by atoms with Crippen LogP contribution in [0.15, 0.2) is 18.3 Å². The monoisotopic (exact) mass is 680 g/mol. The normalized spacial score (nSPS) is 24.6. The molecule has 0 unspecified atom stereocenters. The van der Waals surface area contributed by atoms with Gasteiger partial charge in [0, 0.05) is 18.3 Å². The molecular formula is C37H56N6O6. The van der Waals surface area contributed by atoms with E-state index in [4.69, 9.17) is 0 Å². The molecule has 0 aromatic carbocycles. The van der Waals surface area contributed by atoms with Gasteiger partial charge in [-0.1, -0.05) is 66.2 Å². The Morgan fingerprint density at radius 2 is 1.59 bits per heavy atom. The molecule has 5 rings (SSSR count). The first-order valence-electron chi connectivity index (χ1n) is 18.6. The topological polar surface area (TPSA) is 170 Å². The largest absolute Gasteiger partial charge is 0.357 e. The van der Waals surface area contributed by atoms with Crippen molar-refractivity contribution in [2.75, 3.05) is 0 Å². The van der Waals surface area contributed by atoms with Gasteiger partial charge < -0.3 is 31.2 Å². The molecule has 1 aliphatic heterocycles. The smallest absolute Gasteiger partial charge is 0.289 e. The van der Waals surface area contributed by atoms with Crippen LogP contribution in [0.3, 0.4) is 0 Å². The quantitative estimate of drug-likeness (QED) is 0.200. The maximum absolute atomic E-state index is 14.8. The highest BCUT2D eigenvalue weighted by Gasteiger charge is 2.51. The third-order valence-electron chi connectivity index (χ3n) is 10.9. The van der Waals surface area contributed by atoms with Crippen molar-refractivity contribution in [1.29, 1.82) is 0 Å². The van der Waals surface area contributed by atoms with Crippen LogP contribution in [-0.4, -0.2) is 81.5 Å². The van der Waals surface area contributed by atoms with Gasteiger partial charge in [0.05, 0.1) is 6.04 Å². The third kappa shape index (κ3) is 8.91. The second kappa shape index (κ2) is 15.9. The number of hydrogen-bond acceptors (Lipinski definition) is 6. The van der Waals surface area contributed by atoms with Crippen LogP contribution in [0.1, 0.15) is 128 Å². The fraction of sp³-hybridized carbons (Fsp3) is 0.730. The average molecular weight is 681 g/mol. The van der Waals surface area contributed by atoms with Crippen LogP contribution < -0.4 is 21.3 Å². The van der Waals surface area contributed by atoms with E-state index in [1.165, 1.54) is 0 Å². The van der Waals surface area contributed by atoms with Crippen LogP contribution in [-0.2, 0) is 24.0 Å². The molecule has 3 saturated carbocycles. The summed E-state index contributed by atoms with van der Waals surface area (Å²) >= 11 is 0. The summed E-state index contributed by atoms with van der Waals surface area (Å²) < 4.78 is 0. The summed E-state index contributed by atoms with van der Waals surface area (Å²) in [5.41, 5.74) is -0.362. The molecule has 4 fully saturated rings. The Balaban J connectivity index is 1.37. The number of carbonyl (C=O) groups is 6. The lowest BCUT2D eigenvalue weighted by atomic mass is 9.81. The SMILES string of the molecule is CCC[C@H](NC(=O)[C@@H]1C[C@@H]2CCCC[C@@H]2N1C(=O)[C@@H](NC(=O)[C@@H](NC(=O)c1ccc[nH]1)C1CCCCC1)C(C)(C)C)C(=O)C(=O)NC1CC1. The fourth-order valence-electron chi connectivity index (χ4n) is 8.06. The zero-order valence-corrected chi connectivity index (χ0v) is 29.6. The van der Waals surface area contributed by atoms with Crippen LogP contribution in [0.25, 0.3) is 0 Å². The van der Waals surface area contributed by atoms with Crippen LogP contribution in [0.4, 0.5) is 0 Å². The lowest BCUT2D eigenvalue weighted by molar-refractivity contribution is -0.147. The van der Waals surface area contributed by atoms with Crippen LogP contribution in [0, 0.1) is 17.3 Å². The van der Waals surface area contributed by atoms with Crippen molar-refractivity contribution in [3.8, 4) is 0 Å². The summed E-state index contributed by atoms with van der Waals surface area (Å²) in [4.78, 5) is 86.6. The van der Waals surface area contributed by atoms with Crippen molar-refractivity contribution < 1.29 is 28.8 Å². The first-order chi connectivity index (χ1) is 23.4. The van der Waals surface area contributed by atoms with Gasteiger partial charge in [-0.25, -0.2) is 0 Å². The highest BCUT2D eigenvalue weighted by Crippen LogP contribution is 2.41. The fourth-order valence-corrected chi connectivity index (χ4v) is 8.06. The Bertz CT molecular complexity index is 1360. The molecule has 4 aliphatic rings. The Morgan fingerprint density at radius 3 is 2.22 bits per heavy atom. The van der Waals surface area contributed by atoms with Gasteiger partial charge in [-0.15, -0.1) is 0 Å². The van der Waals surface area contributed by atoms with Crippen LogP contribution >= 0.6 is 0 Å². The van der Waals surface area contributed by atoms with E-state index < -0.39 is 53.1 Å². The second-order valence-corrected chi connectivity index (χ2v) is 15.8. The van der Waals surface area contributed by atoms with Gasteiger partial charge in [0.25, 0.3) is 11.8 Å². The number of aromatic amines is 1. The number of carbonyl (C=O) groups excluding carboxylic acids is 6. The first kappa shape index (κ1) is 36.6. The minimum absolute atomic E-state index is 0.0181. The lowest BCUT2D eigenvalue weighted by Crippen LogP contribution is -2.63. The maximum atomic E-state index is 14.8. The molecule has 6 atom stereocenters. The van der Waals surface area contributed by atoms with Gasteiger partial charge in [0.1, 0.15) is 23.8 Å². The third-order valence-corrected chi connectivity index (χ3v) is 10.9. The summed E-state index contributed by atoms with van der Waals surface area (Å²) in [6.07, 6.45) is 12.9. The number of ketones is 1. The molecule has 5 amide bonds. The second-order valence-electron chi connectivity index (χ2n) is 15.8. The number of H-pyrrole nitrogens is 1. The molecule has 1 aromatic rings. The summed E-state index contributed by atoms with van der Waals surface area (Å²) in [5, 5.41) is 11.6. The molecule has 1 aromatic heterocycles. The van der Waals surface area contributed by atoms with Crippen LogP contribution in [0.5, 0.6) is 0 Å². The van der Waals surface area contributed by atoms with E-state index in [2.05, 4.69) is 26.3 Å². The number of nitrogens with one attached hydrogen (secondary N) is 5. The van der Waals surface area contributed by atoms with Crippen molar-refractivity contribution in [3.05, 3.63) is 24.0 Å². The lowest BCUT2D eigenvalue weighted by Gasteiger charge is -2.40. The standard InChI is InChI=1S/C37H56N6O6/c1-5-12-25(30(44)35(48)39-24-18-19-24)40-33(46)28-21-23-15-9-10-17-27(23)43(28)36(49)31(37(2,3)4)42-34(47)29(22-13-7-6-8-14-22)41-32(45)26-16-11-20-38-26/h11,16,20,22-25,27-29,31,38H,5-10,12-15,17-19,21H2,1-4H3,(H,39,48)(H,40,46)(H,41,45)(H,42,47)/t23-,25-,27-,28-,29-,31+/m0/s1. The number of Topliss-reactive ketones (excluding diaryl/α,β-unsaturated/α-hetero) is 1. The zero-order valence-electron chi connectivity index (χ0n) is 29.6. The van der Waals surface area contributed by atoms with Crippen molar-refractivity contribution in [3.63, 3.8) is 0 Å². The average Bonchev–Trinajstić information content (AvgIpc) is 3.55. The van der Waals surface area contributed by atoms with Crippen molar-refractivity contribution in [2.45, 2.75) is 154 Å². The summed E-state index contributed by atoms with van der Waals surface area (Å²) in [6.45, 7) is 7.56. The Hall–Kier alpha value is -3.70. The van der Waals surface area contributed by atoms with E-state index in [0.717, 1.165) is 70.6 Å². The van der Waals surface area contributed by atoms with E-state index in [1.54, 1.807) is 23.2 Å². The zero-order chi connectivity index (χ0) is 35.3. The predicted octanol–water partition coefficient (Wildman–Crippen LogP) is 3.52. The van der Waals surface area contributed by atoms with Gasteiger partial charge in [0.15, 0.2) is 0 Å². The highest BCUT2D eigenvalue weighted by atomic mass is 16.2. The number of nitrogens with zero attached hydrogens (tertiary/aromatic N) is 1. The van der Waals surface area contributed by atoms with Gasteiger partial charge in [-0.3, -0.25) is 28.8 Å². The van der Waals surface area contributed by atoms with Crippen LogP contribution in [0.2, 0.25) is 0 Å². The van der Waals surface area contributed by atoms with E-state index in [0.29, 0.717) is 25.0 Å². The number of likely N-dealkylation sites (tertiary alicyclic amines) is 1. The molecule has 270 valence electrons. The minimum atomic E-state index is -0.978. The van der Waals surface area contributed by atoms with E-state index in [1.807, 2.05) is 27.7 Å². The Kier molecular flexibility index (Phi) is 11.9. The molecule has 0 spiro atoms. The predicted molar refractivity (Wildman–Crippen MR) is 184 cm³/mol. The molecule has 0 bridgehead atoms. The number of hydrogen-bond donors (Lipinski definition) is 5. The number of aromatic nitrogens is 1. The molecule has 12 heteroatoms. The van der Waals surface area contributed by atoms with E-state index in [-0.39, 0.29) is 35.7 Å². The molecular weight excluding hydrogens is 624 g/mol.